The summed E-state index contributed by atoms with van der Waals surface area (Å²) in [6.45, 7) is 3.24. The zero-order valence-corrected chi connectivity index (χ0v) is 9.88. The highest BCUT2D eigenvalue weighted by molar-refractivity contribution is 9.10. The number of hydrogen-bond acceptors (Lipinski definition) is 3. The molecule has 0 saturated carbocycles. The minimum Gasteiger partial charge on any atom is -0.506 e. The highest BCUT2D eigenvalue weighted by atomic mass is 79.9. The summed E-state index contributed by atoms with van der Waals surface area (Å²) in [4.78, 5) is 11.2. The van der Waals surface area contributed by atoms with Gasteiger partial charge in [-0.05, 0) is 41.9 Å². The van der Waals surface area contributed by atoms with Crippen LogP contribution < -0.4 is 0 Å². The Kier molecular flexibility index (Phi) is 2.31. The van der Waals surface area contributed by atoms with Gasteiger partial charge in [-0.2, -0.15) is 0 Å². The van der Waals surface area contributed by atoms with Crippen LogP contribution in [0, 0.1) is 6.92 Å². The molecule has 0 aliphatic heterocycles. The number of Topliss-reactive ketones (excluding diaryl/α,β-unsaturated/α-hetero) is 1. The average molecular weight is 269 g/mol. The van der Waals surface area contributed by atoms with E-state index in [1.165, 1.54) is 6.92 Å². The molecule has 4 heteroatoms. The van der Waals surface area contributed by atoms with E-state index in [0.717, 1.165) is 5.56 Å². The summed E-state index contributed by atoms with van der Waals surface area (Å²) in [7, 11) is 0. The first-order valence-electron chi connectivity index (χ1n) is 4.44. The minimum atomic E-state index is -0.161. The standard InChI is InChI=1S/C11H9BrO3/c1-5-9-8(15-11(5)12)4-3-7(6(2)13)10(9)14/h3-4,14H,1-2H3. The highest BCUT2D eigenvalue weighted by Gasteiger charge is 2.16. The zero-order chi connectivity index (χ0) is 11.2. The third-order valence-corrected chi connectivity index (χ3v) is 3.15. The Morgan fingerprint density at radius 1 is 1.47 bits per heavy atom. The highest BCUT2D eigenvalue weighted by Crippen LogP contribution is 2.37. The number of phenolic OH excluding ortho intramolecular Hbond substituents is 1. The molecule has 78 valence electrons. The molecule has 2 rings (SSSR count). The van der Waals surface area contributed by atoms with Crippen molar-refractivity contribution < 1.29 is 14.3 Å². The Hall–Kier alpha value is -1.29. The molecule has 0 bridgehead atoms. The first-order chi connectivity index (χ1) is 7.02. The van der Waals surface area contributed by atoms with Gasteiger partial charge in [0.2, 0.25) is 0 Å². The molecular formula is C11H9BrO3. The van der Waals surface area contributed by atoms with Gasteiger partial charge in [0.05, 0.1) is 10.9 Å². The molecule has 15 heavy (non-hydrogen) atoms. The molecule has 3 nitrogen and oxygen atoms in total. The third kappa shape index (κ3) is 1.45. The lowest BCUT2D eigenvalue weighted by molar-refractivity contribution is 0.101. The summed E-state index contributed by atoms with van der Waals surface area (Å²) >= 11 is 3.24. The molecule has 0 aliphatic carbocycles. The summed E-state index contributed by atoms with van der Waals surface area (Å²) in [6.07, 6.45) is 0. The molecule has 1 N–H and O–H groups in total. The van der Waals surface area contributed by atoms with Crippen molar-refractivity contribution in [3.05, 3.63) is 27.9 Å². The lowest BCUT2D eigenvalue weighted by Crippen LogP contribution is -1.92. The fraction of sp³-hybridized carbons (Fsp3) is 0.182. The number of fused-ring (bicyclic) bond motifs is 1. The molecule has 1 aromatic heterocycles. The second kappa shape index (κ2) is 3.38. The van der Waals surface area contributed by atoms with E-state index in [2.05, 4.69) is 15.9 Å². The van der Waals surface area contributed by atoms with Crippen LogP contribution in [-0.4, -0.2) is 10.9 Å². The quantitative estimate of drug-likeness (QED) is 0.807. The number of phenols is 1. The van der Waals surface area contributed by atoms with E-state index in [4.69, 9.17) is 4.42 Å². The van der Waals surface area contributed by atoms with Crippen LogP contribution in [0.2, 0.25) is 0 Å². The van der Waals surface area contributed by atoms with Gasteiger partial charge in [-0.1, -0.05) is 0 Å². The largest absolute Gasteiger partial charge is 0.506 e. The Morgan fingerprint density at radius 3 is 2.73 bits per heavy atom. The molecule has 0 amide bonds. The lowest BCUT2D eigenvalue weighted by Gasteiger charge is -2.01. The summed E-state index contributed by atoms with van der Waals surface area (Å²) in [5, 5.41) is 10.5. The minimum absolute atomic E-state index is 0.00745. The van der Waals surface area contributed by atoms with Crippen molar-refractivity contribution in [2.24, 2.45) is 0 Å². The summed E-state index contributed by atoms with van der Waals surface area (Å²) in [5.74, 6) is -0.168. The molecule has 0 radical (unpaired) electrons. The second-order valence-corrected chi connectivity index (χ2v) is 4.11. The van der Waals surface area contributed by atoms with Gasteiger partial charge in [-0.3, -0.25) is 4.79 Å². The van der Waals surface area contributed by atoms with E-state index in [1.54, 1.807) is 12.1 Å². The van der Waals surface area contributed by atoms with Gasteiger partial charge >= 0.3 is 0 Å². The number of hydrogen-bond donors (Lipinski definition) is 1. The van der Waals surface area contributed by atoms with Gasteiger partial charge in [0.15, 0.2) is 10.5 Å². The van der Waals surface area contributed by atoms with Crippen LogP contribution in [0.25, 0.3) is 11.0 Å². The Labute approximate surface area is 94.8 Å². The topological polar surface area (TPSA) is 50.4 Å². The van der Waals surface area contributed by atoms with Crippen LogP contribution >= 0.6 is 15.9 Å². The van der Waals surface area contributed by atoms with Crippen LogP contribution in [0.3, 0.4) is 0 Å². The van der Waals surface area contributed by atoms with Crippen molar-refractivity contribution in [3.8, 4) is 5.75 Å². The number of halogens is 1. The van der Waals surface area contributed by atoms with E-state index in [9.17, 15) is 9.90 Å². The Balaban J connectivity index is 2.88. The maximum Gasteiger partial charge on any atom is 0.173 e. The molecule has 0 atom stereocenters. The predicted molar refractivity (Wildman–Crippen MR) is 60.3 cm³/mol. The average Bonchev–Trinajstić information content (AvgIpc) is 2.43. The number of aryl methyl sites for hydroxylation is 1. The van der Waals surface area contributed by atoms with E-state index >= 15 is 0 Å². The zero-order valence-electron chi connectivity index (χ0n) is 8.30. The Morgan fingerprint density at radius 2 is 2.13 bits per heavy atom. The second-order valence-electron chi connectivity index (χ2n) is 3.39. The first kappa shape index (κ1) is 10.2. The van der Waals surface area contributed by atoms with Crippen molar-refractivity contribution in [1.29, 1.82) is 0 Å². The van der Waals surface area contributed by atoms with E-state index in [1.807, 2.05) is 6.92 Å². The summed E-state index contributed by atoms with van der Waals surface area (Å²) in [5.41, 5.74) is 1.69. The maximum absolute atomic E-state index is 11.2. The van der Waals surface area contributed by atoms with Crippen LogP contribution in [0.4, 0.5) is 0 Å². The molecular weight excluding hydrogens is 260 g/mol. The van der Waals surface area contributed by atoms with Crippen LogP contribution in [0.5, 0.6) is 5.75 Å². The van der Waals surface area contributed by atoms with Crippen molar-refractivity contribution in [3.63, 3.8) is 0 Å². The van der Waals surface area contributed by atoms with Crippen molar-refractivity contribution in [2.45, 2.75) is 13.8 Å². The molecule has 0 saturated heterocycles. The van der Waals surface area contributed by atoms with Gasteiger partial charge in [-0.25, -0.2) is 0 Å². The van der Waals surface area contributed by atoms with E-state index in [0.29, 0.717) is 21.2 Å². The smallest absolute Gasteiger partial charge is 0.173 e. The number of carbonyl (C=O) groups is 1. The molecule has 0 spiro atoms. The van der Waals surface area contributed by atoms with Crippen LogP contribution in [-0.2, 0) is 0 Å². The molecule has 0 unspecified atom stereocenters. The maximum atomic E-state index is 11.2. The number of benzene rings is 1. The van der Waals surface area contributed by atoms with E-state index in [-0.39, 0.29) is 11.5 Å². The predicted octanol–water partition coefficient (Wildman–Crippen LogP) is 3.41. The fourth-order valence-corrected chi connectivity index (χ4v) is 1.95. The molecule has 0 fully saturated rings. The fourth-order valence-electron chi connectivity index (χ4n) is 1.58. The number of ketones is 1. The SMILES string of the molecule is CC(=O)c1ccc2oc(Br)c(C)c2c1O. The molecule has 0 aliphatic rings. The van der Waals surface area contributed by atoms with Crippen molar-refractivity contribution >= 4 is 32.7 Å². The number of furan rings is 1. The van der Waals surface area contributed by atoms with Crippen molar-refractivity contribution in [2.75, 3.05) is 0 Å². The molecule has 1 aromatic carbocycles. The molecule has 2 aromatic rings. The Bertz CT molecular complexity index is 554. The monoisotopic (exact) mass is 268 g/mol. The molecule has 1 heterocycles. The van der Waals surface area contributed by atoms with E-state index < -0.39 is 0 Å². The van der Waals surface area contributed by atoms with Gasteiger partial charge in [0.1, 0.15) is 11.3 Å². The van der Waals surface area contributed by atoms with Crippen LogP contribution in [0.15, 0.2) is 21.2 Å². The summed E-state index contributed by atoms with van der Waals surface area (Å²) in [6, 6.07) is 3.25. The van der Waals surface area contributed by atoms with Gasteiger partial charge in [0, 0.05) is 5.56 Å². The van der Waals surface area contributed by atoms with Gasteiger partial charge in [0.25, 0.3) is 0 Å². The van der Waals surface area contributed by atoms with Crippen LogP contribution in [0.1, 0.15) is 22.8 Å². The van der Waals surface area contributed by atoms with Crippen molar-refractivity contribution in [1.82, 2.24) is 0 Å². The number of aromatic hydroxyl groups is 1. The van der Waals surface area contributed by atoms with Gasteiger partial charge < -0.3 is 9.52 Å². The number of carbonyl (C=O) groups excluding carboxylic acids is 1. The van der Waals surface area contributed by atoms with Gasteiger partial charge in [-0.15, -0.1) is 0 Å². The first-order valence-corrected chi connectivity index (χ1v) is 5.23. The lowest BCUT2D eigenvalue weighted by atomic mass is 10.1. The number of rotatable bonds is 1. The normalized spacial score (nSPS) is 10.9. The summed E-state index contributed by atoms with van der Waals surface area (Å²) < 4.78 is 5.94. The third-order valence-electron chi connectivity index (χ3n) is 2.39.